The molecule has 1 atom stereocenters. The quantitative estimate of drug-likeness (QED) is 0.556. The van der Waals surface area contributed by atoms with Gasteiger partial charge in [-0.05, 0) is 6.04 Å². The van der Waals surface area contributed by atoms with E-state index < -0.39 is 8.07 Å². The maximum atomic E-state index is 12.0. The van der Waals surface area contributed by atoms with E-state index in [-0.39, 0.29) is 11.7 Å². The third-order valence-corrected chi connectivity index (χ3v) is 4.26. The lowest BCUT2D eigenvalue weighted by Gasteiger charge is -2.20. The van der Waals surface area contributed by atoms with Crippen LogP contribution in [0, 0.1) is 5.92 Å². The normalized spacial score (nSPS) is 13.6. The molecule has 0 aromatic heterocycles. The lowest BCUT2D eigenvalue weighted by molar-refractivity contribution is 0.0938. The molecule has 1 nitrogen and oxygen atoms in total. The van der Waals surface area contributed by atoms with Crippen LogP contribution in [0.4, 0.5) is 0 Å². The summed E-state index contributed by atoms with van der Waals surface area (Å²) in [4.78, 5) is 12.0. The number of rotatable bonds is 4. The lowest BCUT2D eigenvalue weighted by Crippen LogP contribution is -2.26. The van der Waals surface area contributed by atoms with Gasteiger partial charge in [-0.15, -0.1) is 0 Å². The molecule has 15 heavy (non-hydrogen) atoms. The summed E-state index contributed by atoms with van der Waals surface area (Å²) < 4.78 is 0. The minimum atomic E-state index is -1.14. The highest BCUT2D eigenvalue weighted by Crippen LogP contribution is 2.20. The van der Waals surface area contributed by atoms with Crippen LogP contribution in [-0.2, 0) is 0 Å². The number of Topliss-reactive ketones (excluding diaryl/α,β-unsaturated/α-hetero) is 1. The molecule has 0 amide bonds. The van der Waals surface area contributed by atoms with Crippen LogP contribution >= 0.6 is 0 Å². The molecule has 1 aromatic rings. The van der Waals surface area contributed by atoms with Gasteiger partial charge in [-0.25, -0.2) is 0 Å². The fourth-order valence-corrected chi connectivity index (χ4v) is 3.92. The summed E-state index contributed by atoms with van der Waals surface area (Å²) in [6, 6.07) is 10.7. The van der Waals surface area contributed by atoms with E-state index in [0.29, 0.717) is 0 Å². The van der Waals surface area contributed by atoms with Gasteiger partial charge in [-0.1, -0.05) is 56.9 Å². The molecule has 0 aliphatic heterocycles. The van der Waals surface area contributed by atoms with Crippen molar-refractivity contribution >= 4 is 13.9 Å². The topological polar surface area (TPSA) is 17.1 Å². The number of benzene rings is 1. The molecule has 0 heterocycles. The van der Waals surface area contributed by atoms with E-state index in [9.17, 15) is 4.79 Å². The van der Waals surface area contributed by atoms with Crippen LogP contribution < -0.4 is 0 Å². The van der Waals surface area contributed by atoms with Crippen molar-refractivity contribution in [1.82, 2.24) is 0 Å². The van der Waals surface area contributed by atoms with Gasteiger partial charge in [-0.2, -0.15) is 0 Å². The smallest absolute Gasteiger partial charge is 0.165 e. The molecule has 2 heteroatoms. The van der Waals surface area contributed by atoms with Crippen LogP contribution in [0.15, 0.2) is 30.3 Å². The van der Waals surface area contributed by atoms with Crippen molar-refractivity contribution in [1.29, 1.82) is 0 Å². The van der Waals surface area contributed by atoms with Gasteiger partial charge in [-0.3, -0.25) is 4.79 Å². The minimum absolute atomic E-state index is 0.166. The fourth-order valence-electron chi connectivity index (χ4n) is 1.90. The molecule has 0 spiro atoms. The van der Waals surface area contributed by atoms with E-state index in [1.807, 2.05) is 37.3 Å². The molecule has 0 N–H and O–H groups in total. The van der Waals surface area contributed by atoms with E-state index in [1.165, 1.54) is 0 Å². The molecule has 0 fully saturated rings. The maximum Gasteiger partial charge on any atom is 0.165 e. The molecular weight excluding hydrogens is 200 g/mol. The van der Waals surface area contributed by atoms with Crippen molar-refractivity contribution < 1.29 is 4.79 Å². The third kappa shape index (κ3) is 4.00. The second kappa shape index (κ2) is 4.75. The van der Waals surface area contributed by atoms with Crippen LogP contribution in [0.2, 0.25) is 25.7 Å². The molecule has 0 aliphatic carbocycles. The van der Waals surface area contributed by atoms with Gasteiger partial charge in [0.05, 0.1) is 0 Å². The molecule has 1 unspecified atom stereocenters. The molecule has 0 aliphatic rings. The highest BCUT2D eigenvalue weighted by atomic mass is 28.3. The molecule has 0 saturated carbocycles. The van der Waals surface area contributed by atoms with E-state index in [0.717, 1.165) is 11.6 Å². The summed E-state index contributed by atoms with van der Waals surface area (Å²) in [5.41, 5.74) is 0.850. The first-order valence-electron chi connectivity index (χ1n) is 5.49. The van der Waals surface area contributed by atoms with E-state index in [1.54, 1.807) is 0 Å². The number of carbonyl (C=O) groups is 1. The Labute approximate surface area is 93.5 Å². The predicted molar refractivity (Wildman–Crippen MR) is 68.1 cm³/mol. The van der Waals surface area contributed by atoms with Gasteiger partial charge in [0, 0.05) is 19.6 Å². The summed E-state index contributed by atoms with van der Waals surface area (Å²) in [6.45, 7) is 8.97. The van der Waals surface area contributed by atoms with Gasteiger partial charge >= 0.3 is 0 Å². The second-order valence-electron chi connectivity index (χ2n) is 5.40. The Morgan fingerprint density at radius 3 is 2.20 bits per heavy atom. The molecule has 1 rings (SSSR count). The van der Waals surface area contributed by atoms with Gasteiger partial charge in [0.1, 0.15) is 0 Å². The summed E-state index contributed by atoms with van der Waals surface area (Å²) in [5, 5.41) is 0. The van der Waals surface area contributed by atoms with Crippen LogP contribution in [0.1, 0.15) is 17.3 Å². The highest BCUT2D eigenvalue weighted by molar-refractivity contribution is 6.76. The summed E-state index contributed by atoms with van der Waals surface area (Å²) >= 11 is 0. The Bertz CT molecular complexity index is 324. The van der Waals surface area contributed by atoms with Crippen molar-refractivity contribution in [2.24, 2.45) is 5.92 Å². The number of hydrogen-bond acceptors (Lipinski definition) is 1. The summed E-state index contributed by atoms with van der Waals surface area (Å²) in [6.07, 6.45) is 0. The minimum Gasteiger partial charge on any atom is -0.294 e. The molecule has 0 saturated heterocycles. The van der Waals surface area contributed by atoms with Crippen LogP contribution in [0.25, 0.3) is 0 Å². The van der Waals surface area contributed by atoms with Crippen molar-refractivity contribution in [2.45, 2.75) is 32.6 Å². The fraction of sp³-hybridized carbons (Fsp3) is 0.462. The Balaban J connectivity index is 2.70. The summed E-state index contributed by atoms with van der Waals surface area (Å²) in [7, 11) is -1.14. The first kappa shape index (κ1) is 12.2. The first-order chi connectivity index (χ1) is 6.90. The zero-order chi connectivity index (χ0) is 11.5. The predicted octanol–water partition coefficient (Wildman–Crippen LogP) is 3.84. The number of hydrogen-bond donors (Lipinski definition) is 0. The van der Waals surface area contributed by atoms with Crippen LogP contribution in [0.3, 0.4) is 0 Å². The van der Waals surface area contributed by atoms with Crippen LogP contribution in [0.5, 0.6) is 0 Å². The van der Waals surface area contributed by atoms with Crippen molar-refractivity contribution in [3.8, 4) is 0 Å². The van der Waals surface area contributed by atoms with Gasteiger partial charge in [0.25, 0.3) is 0 Å². The first-order valence-corrected chi connectivity index (χ1v) is 9.20. The largest absolute Gasteiger partial charge is 0.294 e. The summed E-state index contributed by atoms with van der Waals surface area (Å²) in [5.74, 6) is 0.456. The Hall–Kier alpha value is -0.893. The molecule has 0 radical (unpaired) electrons. The van der Waals surface area contributed by atoms with E-state index in [2.05, 4.69) is 19.6 Å². The Morgan fingerprint density at radius 2 is 1.73 bits per heavy atom. The van der Waals surface area contributed by atoms with Gasteiger partial charge < -0.3 is 0 Å². The highest BCUT2D eigenvalue weighted by Gasteiger charge is 2.22. The van der Waals surface area contributed by atoms with Crippen molar-refractivity contribution in [2.75, 3.05) is 0 Å². The maximum absolute atomic E-state index is 12.0. The second-order valence-corrected chi connectivity index (χ2v) is 10.9. The molecule has 82 valence electrons. The average Bonchev–Trinajstić information content (AvgIpc) is 2.15. The molecule has 1 aromatic carbocycles. The number of ketones is 1. The Kier molecular flexibility index (Phi) is 3.86. The zero-order valence-corrected chi connectivity index (χ0v) is 11.1. The number of carbonyl (C=O) groups excluding carboxylic acids is 1. The lowest BCUT2D eigenvalue weighted by atomic mass is 10.0. The average molecular weight is 220 g/mol. The SMILES string of the molecule is CC(C[Si](C)(C)C)C(=O)c1ccccc1. The monoisotopic (exact) mass is 220 g/mol. The standard InChI is InChI=1S/C13H20OSi/c1-11(10-15(2,3)4)13(14)12-8-6-5-7-9-12/h5-9,11H,10H2,1-4H3. The van der Waals surface area contributed by atoms with Gasteiger partial charge in [0.2, 0.25) is 0 Å². The Morgan fingerprint density at radius 1 is 1.20 bits per heavy atom. The zero-order valence-electron chi connectivity index (χ0n) is 10.1. The molecule has 0 bridgehead atoms. The van der Waals surface area contributed by atoms with E-state index in [4.69, 9.17) is 0 Å². The van der Waals surface area contributed by atoms with Crippen molar-refractivity contribution in [3.63, 3.8) is 0 Å². The van der Waals surface area contributed by atoms with Crippen LogP contribution in [-0.4, -0.2) is 13.9 Å². The van der Waals surface area contributed by atoms with Gasteiger partial charge in [0.15, 0.2) is 5.78 Å². The van der Waals surface area contributed by atoms with Crippen molar-refractivity contribution in [3.05, 3.63) is 35.9 Å². The van der Waals surface area contributed by atoms with E-state index >= 15 is 0 Å². The molecular formula is C13H20OSi. The third-order valence-electron chi connectivity index (χ3n) is 2.42.